The molecule has 1 saturated heterocycles. The zero-order chi connectivity index (χ0) is 37.3. The molecule has 0 aliphatic carbocycles. The number of carboxylic acid groups (broad SMARTS) is 1. The number of furan rings is 1. The first-order chi connectivity index (χ1) is 24.7. The summed E-state index contributed by atoms with van der Waals surface area (Å²) in [6, 6.07) is 13.9. The number of hydrogen-bond donors (Lipinski definition) is 1. The fourth-order valence-electron chi connectivity index (χ4n) is 6.92. The monoisotopic (exact) mass is 736 g/mol. The van der Waals surface area contributed by atoms with Crippen molar-refractivity contribution in [3.05, 3.63) is 122 Å². The lowest BCUT2D eigenvalue weighted by Crippen LogP contribution is -2.49. The third kappa shape index (κ3) is 7.87. The summed E-state index contributed by atoms with van der Waals surface area (Å²) in [5, 5.41) is 9.19. The number of carboxylic acids is 1. The molecule has 16 heteroatoms. The molecule has 4 heterocycles. The molecule has 0 radical (unpaired) electrons. The van der Waals surface area contributed by atoms with Gasteiger partial charge in [0.05, 0.1) is 36.5 Å². The van der Waals surface area contributed by atoms with E-state index in [0.717, 1.165) is 29.8 Å². The number of hydrogen-bond acceptors (Lipinski definition) is 6. The quantitative estimate of drug-likeness (QED) is 0.140. The Morgan fingerprint density at radius 3 is 2.29 bits per heavy atom. The van der Waals surface area contributed by atoms with E-state index in [-0.39, 0.29) is 87.6 Å². The number of halogens is 7. The highest BCUT2D eigenvalue weighted by molar-refractivity contribution is 5.66. The predicted octanol–water partition coefficient (Wildman–Crippen LogP) is 6.50. The molecule has 0 unspecified atom stereocenters. The van der Waals surface area contributed by atoms with E-state index >= 15 is 4.39 Å². The molecule has 9 nitrogen and oxygen atoms in total. The number of benzene rings is 2. The minimum absolute atomic E-state index is 0.0412. The molecule has 0 atom stereocenters. The molecule has 4 aromatic rings. The van der Waals surface area contributed by atoms with Crippen LogP contribution in [0.25, 0.3) is 0 Å². The van der Waals surface area contributed by atoms with Crippen molar-refractivity contribution in [2.75, 3.05) is 19.6 Å². The van der Waals surface area contributed by atoms with Crippen LogP contribution < -0.4 is 11.2 Å². The van der Waals surface area contributed by atoms with E-state index in [1.54, 1.807) is 0 Å². The number of rotatable bonds is 11. The maximum Gasteiger partial charge on any atom is 0.449 e. The van der Waals surface area contributed by atoms with Gasteiger partial charge < -0.3 is 18.8 Å². The highest BCUT2D eigenvalue weighted by atomic mass is 19.4. The number of piperidine rings is 1. The van der Waals surface area contributed by atoms with Gasteiger partial charge in [0.15, 0.2) is 0 Å². The fourth-order valence-corrected chi connectivity index (χ4v) is 6.92. The molecular formula is C36H35F7N4O5. The molecule has 2 aliphatic heterocycles. The minimum Gasteiger partial charge on any atom is -0.481 e. The van der Waals surface area contributed by atoms with E-state index in [1.807, 2.05) is 35.2 Å². The Labute approximate surface area is 292 Å². The van der Waals surface area contributed by atoms with Crippen LogP contribution >= 0.6 is 0 Å². The van der Waals surface area contributed by atoms with Crippen LogP contribution in [0.5, 0.6) is 0 Å². The van der Waals surface area contributed by atoms with E-state index in [2.05, 4.69) is 4.99 Å². The molecule has 2 aromatic carbocycles. The smallest absolute Gasteiger partial charge is 0.449 e. The summed E-state index contributed by atoms with van der Waals surface area (Å²) < 4.78 is 111. The predicted molar refractivity (Wildman–Crippen MR) is 171 cm³/mol. The first kappa shape index (κ1) is 37.1. The summed E-state index contributed by atoms with van der Waals surface area (Å²) in [6.45, 7) is -0.246. The summed E-state index contributed by atoms with van der Waals surface area (Å²) in [5.74, 6) is -3.19. The molecule has 0 saturated carbocycles. The van der Waals surface area contributed by atoms with E-state index in [4.69, 9.17) is 9.15 Å². The van der Waals surface area contributed by atoms with Gasteiger partial charge in [0.2, 0.25) is 11.4 Å². The molecule has 1 spiro atoms. The van der Waals surface area contributed by atoms with Gasteiger partial charge in [0.25, 0.3) is 5.56 Å². The van der Waals surface area contributed by atoms with Crippen molar-refractivity contribution in [2.24, 2.45) is 4.99 Å². The Morgan fingerprint density at radius 1 is 0.904 bits per heavy atom. The van der Waals surface area contributed by atoms with Crippen molar-refractivity contribution in [2.45, 2.75) is 76.3 Å². The van der Waals surface area contributed by atoms with E-state index in [9.17, 15) is 41.0 Å². The average Bonchev–Trinajstić information content (AvgIpc) is 3.71. The van der Waals surface area contributed by atoms with Crippen LogP contribution in [0.1, 0.15) is 65.2 Å². The van der Waals surface area contributed by atoms with E-state index < -0.39 is 58.7 Å². The van der Waals surface area contributed by atoms with Crippen LogP contribution in [0.3, 0.4) is 0 Å². The first-order valence-electron chi connectivity index (χ1n) is 16.7. The van der Waals surface area contributed by atoms with Gasteiger partial charge in [0, 0.05) is 38.2 Å². The van der Waals surface area contributed by atoms with Crippen LogP contribution in [0.15, 0.2) is 74.9 Å². The highest BCUT2D eigenvalue weighted by Gasteiger charge is 2.47. The lowest BCUT2D eigenvalue weighted by atomic mass is 9.85. The third-order valence-electron chi connectivity index (χ3n) is 9.49. The summed E-state index contributed by atoms with van der Waals surface area (Å²) >= 11 is 0. The molecule has 0 bridgehead atoms. The highest BCUT2D eigenvalue weighted by Crippen LogP contribution is 2.43. The molecule has 0 amide bonds. The van der Waals surface area contributed by atoms with Crippen molar-refractivity contribution >= 4 is 5.97 Å². The maximum absolute atomic E-state index is 15.3. The van der Waals surface area contributed by atoms with Crippen molar-refractivity contribution in [3.8, 4) is 0 Å². The molecule has 2 aliphatic rings. The van der Waals surface area contributed by atoms with Crippen molar-refractivity contribution in [1.82, 2.24) is 14.0 Å². The molecular weight excluding hydrogens is 701 g/mol. The zero-order valence-corrected chi connectivity index (χ0v) is 27.8. The standard InChI is InChI=1S/C36H35F7N4O5/c37-27-9-4-8-26(35(38,39)40)25(27)21-47-28-22-51-34(14-18-45(19-15-34)20-24-11-12-29(52-24)36(41,42)43)31(28)32(50)46(17-13-23-6-2-1-3-7-23)33(47)44-16-5-10-30(48)49/h1-4,6-9,11-12H,5,10,13-22H2,(H,48,49)/b44-33+. The Hall–Kier alpha value is -4.70. The first-order valence-corrected chi connectivity index (χ1v) is 16.7. The van der Waals surface area contributed by atoms with Gasteiger partial charge in [0.1, 0.15) is 17.2 Å². The van der Waals surface area contributed by atoms with Gasteiger partial charge in [-0.15, -0.1) is 0 Å². The Balaban J connectivity index is 1.44. The van der Waals surface area contributed by atoms with Crippen LogP contribution in [-0.2, 0) is 60.1 Å². The Kier molecular flexibility index (Phi) is 10.5. The topological polar surface area (TPSA) is 102 Å². The maximum atomic E-state index is 15.3. The number of fused-ring (bicyclic) bond motifs is 2. The summed E-state index contributed by atoms with van der Waals surface area (Å²) in [6.07, 6.45) is -8.93. The van der Waals surface area contributed by atoms with Crippen molar-refractivity contribution in [3.63, 3.8) is 0 Å². The van der Waals surface area contributed by atoms with Crippen molar-refractivity contribution < 1.29 is 49.8 Å². The Morgan fingerprint density at radius 2 is 1.63 bits per heavy atom. The zero-order valence-electron chi connectivity index (χ0n) is 27.8. The minimum atomic E-state index is -4.90. The van der Waals surface area contributed by atoms with E-state index in [1.165, 1.54) is 15.2 Å². The van der Waals surface area contributed by atoms with Gasteiger partial charge in [-0.05, 0) is 55.5 Å². The number of likely N-dealkylation sites (tertiary alicyclic amines) is 1. The molecule has 2 aromatic heterocycles. The number of carbonyl (C=O) groups is 1. The second-order valence-electron chi connectivity index (χ2n) is 12.9. The van der Waals surface area contributed by atoms with Gasteiger partial charge in [-0.1, -0.05) is 36.4 Å². The summed E-state index contributed by atoms with van der Waals surface area (Å²) in [7, 11) is 0. The third-order valence-corrected chi connectivity index (χ3v) is 9.49. The molecule has 1 N–H and O–H groups in total. The number of nitrogens with zero attached hydrogens (tertiary/aromatic N) is 4. The second-order valence-corrected chi connectivity index (χ2v) is 12.9. The van der Waals surface area contributed by atoms with E-state index in [0.29, 0.717) is 6.42 Å². The lowest BCUT2D eigenvalue weighted by molar-refractivity contribution is -0.153. The number of aliphatic carboxylic acids is 1. The van der Waals surface area contributed by atoms with Crippen molar-refractivity contribution in [1.29, 1.82) is 0 Å². The molecule has 1 fully saturated rings. The van der Waals surface area contributed by atoms with Crippen LogP contribution in [-0.4, -0.2) is 44.7 Å². The SMILES string of the molecule is O=C(O)CCC/N=c1/n(Cc2c(F)cccc2C(F)(F)F)c2c(c(=O)n1CCc1ccccc1)C1(CCN(Cc3ccc(C(F)(F)F)o3)CC1)OC2. The second kappa shape index (κ2) is 14.7. The fraction of sp³-hybridized carbons (Fsp3) is 0.417. The van der Waals surface area contributed by atoms with Crippen LogP contribution in [0, 0.1) is 5.82 Å². The lowest BCUT2D eigenvalue weighted by Gasteiger charge is -2.38. The summed E-state index contributed by atoms with van der Waals surface area (Å²) in [4.78, 5) is 32.3. The van der Waals surface area contributed by atoms with Gasteiger partial charge >= 0.3 is 18.3 Å². The molecule has 6 rings (SSSR count). The van der Waals surface area contributed by atoms with Gasteiger partial charge in [-0.2, -0.15) is 26.3 Å². The summed E-state index contributed by atoms with van der Waals surface area (Å²) in [5.41, 5.74) is -2.30. The van der Waals surface area contributed by atoms with Crippen LogP contribution in [0.4, 0.5) is 30.7 Å². The van der Waals surface area contributed by atoms with Gasteiger partial charge in [-0.25, -0.2) is 4.39 Å². The Bertz CT molecular complexity index is 2040. The largest absolute Gasteiger partial charge is 0.481 e. The van der Waals surface area contributed by atoms with Crippen LogP contribution in [0.2, 0.25) is 0 Å². The average molecular weight is 737 g/mol. The van der Waals surface area contributed by atoms with Gasteiger partial charge in [-0.3, -0.25) is 24.0 Å². The number of ether oxygens (including phenoxy) is 1. The normalized spacial score (nSPS) is 16.5. The number of aryl methyl sites for hydroxylation is 1. The number of alkyl halides is 6. The molecule has 278 valence electrons. The molecule has 52 heavy (non-hydrogen) atoms. The number of aromatic nitrogens is 2.